The predicted octanol–water partition coefficient (Wildman–Crippen LogP) is 3.11. The zero-order valence-electron chi connectivity index (χ0n) is 14.2. The van der Waals surface area contributed by atoms with Crippen molar-refractivity contribution in [2.24, 2.45) is 0 Å². The molecule has 0 bridgehead atoms. The molecule has 4 heterocycles. The molecule has 9 heteroatoms. The number of pyridine rings is 1. The third-order valence-electron chi connectivity index (χ3n) is 4.29. The van der Waals surface area contributed by atoms with Crippen molar-refractivity contribution in [3.63, 3.8) is 0 Å². The molecule has 0 radical (unpaired) electrons. The van der Waals surface area contributed by atoms with E-state index in [0.717, 1.165) is 53.8 Å². The van der Waals surface area contributed by atoms with E-state index in [0.29, 0.717) is 5.02 Å². The summed E-state index contributed by atoms with van der Waals surface area (Å²) in [5, 5.41) is 5.07. The summed E-state index contributed by atoms with van der Waals surface area (Å²) in [6.45, 7) is 5.29. The smallest absolute Gasteiger partial charge is 0.158 e. The van der Waals surface area contributed by atoms with Gasteiger partial charge in [-0.2, -0.15) is 5.10 Å². The van der Waals surface area contributed by atoms with E-state index in [-0.39, 0.29) is 0 Å². The summed E-state index contributed by atoms with van der Waals surface area (Å²) in [7, 11) is 0. The molecule has 0 spiro atoms. The molecule has 0 N–H and O–H groups in total. The standard InChI is InChI=1S/C17H17BrClN7/c1-12-2-3-26(23-12)16-9-15(21-11-22-16)24-4-6-25(7-5-24)17-14(19)8-13(18)10-20-17/h2-3,8-11H,4-7H2,1H3. The fourth-order valence-corrected chi connectivity index (χ4v) is 3.71. The largest absolute Gasteiger partial charge is 0.353 e. The van der Waals surface area contributed by atoms with Gasteiger partial charge in [-0.25, -0.2) is 19.6 Å². The summed E-state index contributed by atoms with van der Waals surface area (Å²) in [5.41, 5.74) is 0.956. The molecule has 0 aliphatic carbocycles. The molecule has 4 rings (SSSR count). The first kappa shape index (κ1) is 17.2. The third kappa shape index (κ3) is 3.52. The Kier molecular flexibility index (Phi) is 4.78. The highest BCUT2D eigenvalue weighted by Gasteiger charge is 2.21. The van der Waals surface area contributed by atoms with E-state index in [4.69, 9.17) is 11.6 Å². The van der Waals surface area contributed by atoms with Crippen LogP contribution >= 0.6 is 27.5 Å². The monoisotopic (exact) mass is 433 g/mol. The number of anilines is 2. The van der Waals surface area contributed by atoms with E-state index >= 15 is 0 Å². The average Bonchev–Trinajstić information content (AvgIpc) is 3.09. The van der Waals surface area contributed by atoms with Gasteiger partial charge in [0.05, 0.1) is 10.7 Å². The normalized spacial score (nSPS) is 14.7. The minimum Gasteiger partial charge on any atom is -0.353 e. The fourth-order valence-electron chi connectivity index (χ4n) is 2.97. The third-order valence-corrected chi connectivity index (χ3v) is 5.00. The van der Waals surface area contributed by atoms with Gasteiger partial charge in [-0.05, 0) is 35.0 Å². The zero-order valence-corrected chi connectivity index (χ0v) is 16.5. The molecule has 7 nitrogen and oxygen atoms in total. The summed E-state index contributed by atoms with van der Waals surface area (Å²) < 4.78 is 2.65. The average molecular weight is 435 g/mol. The number of piperazine rings is 1. The van der Waals surface area contributed by atoms with Crippen LogP contribution in [0.2, 0.25) is 5.02 Å². The van der Waals surface area contributed by atoms with Crippen LogP contribution in [0.1, 0.15) is 5.69 Å². The Hall–Kier alpha value is -2.19. The van der Waals surface area contributed by atoms with E-state index in [1.165, 1.54) is 0 Å². The molecule has 3 aromatic rings. The van der Waals surface area contributed by atoms with Crippen molar-refractivity contribution in [1.82, 2.24) is 24.7 Å². The Labute approximate surface area is 164 Å². The SMILES string of the molecule is Cc1ccn(-c2cc(N3CCN(c4ncc(Br)cc4Cl)CC3)ncn2)n1. The summed E-state index contributed by atoms with van der Waals surface area (Å²) in [6, 6.07) is 5.79. The van der Waals surface area contributed by atoms with E-state index in [2.05, 4.69) is 45.8 Å². The number of rotatable bonds is 3. The molecule has 0 saturated carbocycles. The highest BCUT2D eigenvalue weighted by atomic mass is 79.9. The maximum atomic E-state index is 6.33. The Morgan fingerprint density at radius 3 is 2.42 bits per heavy atom. The Morgan fingerprint density at radius 1 is 1.00 bits per heavy atom. The molecular weight excluding hydrogens is 418 g/mol. The van der Waals surface area contributed by atoms with Gasteiger partial charge in [0.15, 0.2) is 5.82 Å². The number of aryl methyl sites for hydroxylation is 1. The van der Waals surface area contributed by atoms with Crippen LogP contribution in [0.5, 0.6) is 0 Å². The van der Waals surface area contributed by atoms with Crippen LogP contribution in [-0.2, 0) is 0 Å². The molecule has 0 unspecified atom stereocenters. The van der Waals surface area contributed by atoms with Gasteiger partial charge in [0.25, 0.3) is 0 Å². The minimum atomic E-state index is 0.659. The topological polar surface area (TPSA) is 63.0 Å². The van der Waals surface area contributed by atoms with Crippen LogP contribution in [0.15, 0.2) is 41.4 Å². The van der Waals surface area contributed by atoms with Crippen LogP contribution in [0.4, 0.5) is 11.6 Å². The first-order chi connectivity index (χ1) is 12.6. The highest BCUT2D eigenvalue weighted by Crippen LogP contribution is 2.27. The van der Waals surface area contributed by atoms with Crippen LogP contribution in [0.3, 0.4) is 0 Å². The Morgan fingerprint density at radius 2 is 1.73 bits per heavy atom. The molecule has 3 aromatic heterocycles. The molecule has 0 atom stereocenters. The van der Waals surface area contributed by atoms with Crippen molar-refractivity contribution in [3.05, 3.63) is 52.1 Å². The van der Waals surface area contributed by atoms with Crippen LogP contribution in [-0.4, -0.2) is 50.9 Å². The van der Waals surface area contributed by atoms with E-state index in [1.807, 2.05) is 31.3 Å². The number of halogens is 2. The van der Waals surface area contributed by atoms with Gasteiger partial charge in [-0.1, -0.05) is 11.6 Å². The summed E-state index contributed by atoms with van der Waals surface area (Å²) >= 11 is 9.72. The first-order valence-electron chi connectivity index (χ1n) is 8.26. The van der Waals surface area contributed by atoms with Crippen molar-refractivity contribution in [1.29, 1.82) is 0 Å². The lowest BCUT2D eigenvalue weighted by molar-refractivity contribution is 0.640. The van der Waals surface area contributed by atoms with E-state index in [9.17, 15) is 0 Å². The molecular formula is C17H17BrClN7. The highest BCUT2D eigenvalue weighted by molar-refractivity contribution is 9.10. The second-order valence-electron chi connectivity index (χ2n) is 6.07. The first-order valence-corrected chi connectivity index (χ1v) is 9.43. The molecule has 0 amide bonds. The molecule has 1 aliphatic heterocycles. The van der Waals surface area contributed by atoms with Crippen molar-refractivity contribution in [2.75, 3.05) is 36.0 Å². The Balaban J connectivity index is 1.48. The number of hydrogen-bond acceptors (Lipinski definition) is 6. The van der Waals surface area contributed by atoms with Crippen molar-refractivity contribution >= 4 is 39.2 Å². The molecule has 1 fully saturated rings. The maximum Gasteiger partial charge on any atom is 0.158 e. The summed E-state index contributed by atoms with van der Waals surface area (Å²) in [4.78, 5) is 17.6. The second kappa shape index (κ2) is 7.20. The number of aromatic nitrogens is 5. The molecule has 1 aliphatic rings. The lowest BCUT2D eigenvalue weighted by atomic mass is 10.3. The summed E-state index contributed by atoms with van der Waals surface area (Å²) in [6.07, 6.45) is 5.26. The molecule has 1 saturated heterocycles. The van der Waals surface area contributed by atoms with Crippen LogP contribution < -0.4 is 9.80 Å². The van der Waals surface area contributed by atoms with Crippen LogP contribution in [0.25, 0.3) is 5.82 Å². The lowest BCUT2D eigenvalue weighted by Gasteiger charge is -2.36. The van der Waals surface area contributed by atoms with Crippen molar-refractivity contribution in [2.45, 2.75) is 6.92 Å². The molecule has 134 valence electrons. The van der Waals surface area contributed by atoms with Gasteiger partial charge in [0.2, 0.25) is 0 Å². The van der Waals surface area contributed by atoms with Gasteiger partial charge in [0, 0.05) is 49.1 Å². The van der Waals surface area contributed by atoms with Crippen LogP contribution in [0, 0.1) is 6.92 Å². The number of nitrogens with zero attached hydrogens (tertiary/aromatic N) is 7. The van der Waals surface area contributed by atoms with Crippen molar-refractivity contribution in [3.8, 4) is 5.82 Å². The van der Waals surface area contributed by atoms with Crippen molar-refractivity contribution < 1.29 is 0 Å². The minimum absolute atomic E-state index is 0.659. The predicted molar refractivity (Wildman–Crippen MR) is 105 cm³/mol. The van der Waals surface area contributed by atoms with E-state index in [1.54, 1.807) is 17.2 Å². The Bertz CT molecular complexity index is 921. The van der Waals surface area contributed by atoms with Gasteiger partial charge < -0.3 is 9.80 Å². The van der Waals surface area contributed by atoms with Gasteiger partial charge in [-0.3, -0.25) is 0 Å². The summed E-state index contributed by atoms with van der Waals surface area (Å²) in [5.74, 6) is 2.49. The fraction of sp³-hybridized carbons (Fsp3) is 0.294. The lowest BCUT2D eigenvalue weighted by Crippen LogP contribution is -2.47. The quantitative estimate of drug-likeness (QED) is 0.631. The van der Waals surface area contributed by atoms with Gasteiger partial charge >= 0.3 is 0 Å². The molecule has 26 heavy (non-hydrogen) atoms. The van der Waals surface area contributed by atoms with E-state index < -0.39 is 0 Å². The second-order valence-corrected chi connectivity index (χ2v) is 7.39. The van der Waals surface area contributed by atoms with Gasteiger partial charge in [0.1, 0.15) is 18.0 Å². The van der Waals surface area contributed by atoms with Gasteiger partial charge in [-0.15, -0.1) is 0 Å². The maximum absolute atomic E-state index is 6.33. The number of hydrogen-bond donors (Lipinski definition) is 0. The zero-order chi connectivity index (χ0) is 18.1. The molecule has 0 aromatic carbocycles.